The van der Waals surface area contributed by atoms with Gasteiger partial charge >= 0.3 is 0 Å². The Kier molecular flexibility index (Phi) is 22.5. The van der Waals surface area contributed by atoms with Gasteiger partial charge in [0.15, 0.2) is 0 Å². The first-order valence-electron chi connectivity index (χ1n) is 21.4. The summed E-state index contributed by atoms with van der Waals surface area (Å²) in [4.78, 5) is 0. The van der Waals surface area contributed by atoms with Crippen molar-refractivity contribution >= 4 is 10.8 Å². The predicted octanol–water partition coefficient (Wildman–Crippen LogP) is 16.8. The average molecular weight is 771 g/mol. The van der Waals surface area contributed by atoms with Crippen molar-refractivity contribution in [3.8, 4) is 0 Å². The summed E-state index contributed by atoms with van der Waals surface area (Å²) in [6, 6.07) is 52.2. The average Bonchev–Trinajstić information content (AvgIpc) is 3.21. The van der Waals surface area contributed by atoms with Crippen molar-refractivity contribution < 1.29 is 0 Å². The van der Waals surface area contributed by atoms with Crippen molar-refractivity contribution in [3.05, 3.63) is 223 Å². The Morgan fingerprint density at radius 2 is 0.603 bits per heavy atom. The summed E-state index contributed by atoms with van der Waals surface area (Å²) in [6.45, 7) is 30.0. The molecule has 7 aromatic carbocycles. The van der Waals surface area contributed by atoms with Crippen molar-refractivity contribution in [2.75, 3.05) is 0 Å². The Hall–Kier alpha value is -5.20. The maximum atomic E-state index is 2.28. The topological polar surface area (TPSA) is 0 Å². The van der Waals surface area contributed by atoms with E-state index in [9.17, 15) is 0 Å². The van der Waals surface area contributed by atoms with Gasteiger partial charge in [-0.25, -0.2) is 0 Å². The Morgan fingerprint density at radius 1 is 0.276 bits per heavy atom. The largest absolute Gasteiger partial charge is 0.0656 e. The lowest BCUT2D eigenvalue weighted by Crippen LogP contribution is -1.88. The molecule has 0 saturated heterocycles. The van der Waals surface area contributed by atoms with Crippen LogP contribution in [0.15, 0.2) is 146 Å². The minimum Gasteiger partial charge on any atom is -0.0656 e. The van der Waals surface area contributed by atoms with Gasteiger partial charge in [-0.05, 0) is 155 Å². The zero-order valence-corrected chi connectivity index (χ0v) is 38.7. The first-order chi connectivity index (χ1) is 27.7. The van der Waals surface area contributed by atoms with Gasteiger partial charge in [-0.3, -0.25) is 0 Å². The molecule has 0 bridgehead atoms. The highest BCUT2D eigenvalue weighted by atomic mass is 14.0. The molecule has 7 aromatic rings. The van der Waals surface area contributed by atoms with Gasteiger partial charge < -0.3 is 0 Å². The molecule has 0 aliphatic carbocycles. The predicted molar refractivity (Wildman–Crippen MR) is 261 cm³/mol. The van der Waals surface area contributed by atoms with Crippen LogP contribution in [0.1, 0.15) is 112 Å². The van der Waals surface area contributed by atoms with Crippen LogP contribution >= 0.6 is 0 Å². The number of hydrogen-bond acceptors (Lipinski definition) is 0. The van der Waals surface area contributed by atoms with E-state index in [-0.39, 0.29) is 0 Å². The molecule has 0 unspecified atom stereocenters. The van der Waals surface area contributed by atoms with Crippen molar-refractivity contribution in [1.29, 1.82) is 0 Å². The second kappa shape index (κ2) is 26.7. The Bertz CT molecular complexity index is 2040. The van der Waals surface area contributed by atoms with Gasteiger partial charge in [-0.15, -0.1) is 0 Å². The molecule has 0 fully saturated rings. The highest BCUT2D eigenvalue weighted by Gasteiger charge is 1.98. The summed E-state index contributed by atoms with van der Waals surface area (Å²) in [5.41, 5.74) is 19.2. The number of benzene rings is 7. The summed E-state index contributed by atoms with van der Waals surface area (Å²) in [7, 11) is 0. The van der Waals surface area contributed by atoms with Crippen molar-refractivity contribution in [1.82, 2.24) is 0 Å². The Balaban J connectivity index is 0.000000249. The summed E-state index contributed by atoms with van der Waals surface area (Å²) in [6.07, 6.45) is 4.57. The summed E-state index contributed by atoms with van der Waals surface area (Å²) in [5, 5.41) is 2.75. The second-order valence-corrected chi connectivity index (χ2v) is 15.8. The number of hydrogen-bond donors (Lipinski definition) is 0. The fraction of sp³-hybridized carbons (Fsp3) is 0.310. The SMILES string of the molecule is CCC.CCc1cccc(CC)c1.Cc1ccc(C)c(C)c1.Cc1ccc(C)c(C)c1.Cc1ccc(Cc2ccc(C)cc2)cc1.Cc1cccc2c(C)cccc12. The lowest BCUT2D eigenvalue weighted by Gasteiger charge is -2.03. The van der Waals surface area contributed by atoms with E-state index in [1.807, 2.05) is 0 Å². The van der Waals surface area contributed by atoms with Crippen molar-refractivity contribution in [2.45, 2.75) is 123 Å². The van der Waals surface area contributed by atoms with E-state index in [0.29, 0.717) is 0 Å². The highest BCUT2D eigenvalue weighted by Crippen LogP contribution is 2.21. The van der Waals surface area contributed by atoms with Crippen LogP contribution in [0.25, 0.3) is 10.8 Å². The van der Waals surface area contributed by atoms with E-state index < -0.39 is 0 Å². The van der Waals surface area contributed by atoms with Gasteiger partial charge in [0.25, 0.3) is 0 Å². The van der Waals surface area contributed by atoms with E-state index in [1.165, 1.54) is 95.1 Å². The molecule has 0 atom stereocenters. The monoisotopic (exact) mass is 771 g/mol. The van der Waals surface area contributed by atoms with Crippen molar-refractivity contribution in [3.63, 3.8) is 0 Å². The second-order valence-electron chi connectivity index (χ2n) is 15.8. The summed E-state index contributed by atoms with van der Waals surface area (Å²) < 4.78 is 0. The quantitative estimate of drug-likeness (QED) is 0.167. The molecule has 0 amide bonds. The number of rotatable bonds is 4. The van der Waals surface area contributed by atoms with Crippen LogP contribution in [-0.4, -0.2) is 0 Å². The molecule has 0 nitrogen and oxygen atoms in total. The third-order valence-electron chi connectivity index (χ3n) is 10.1. The zero-order valence-electron chi connectivity index (χ0n) is 38.7. The summed E-state index contributed by atoms with van der Waals surface area (Å²) in [5.74, 6) is 0. The van der Waals surface area contributed by atoms with Gasteiger partial charge in [0.1, 0.15) is 0 Å². The maximum absolute atomic E-state index is 2.28. The van der Waals surface area contributed by atoms with Crippen molar-refractivity contribution in [2.24, 2.45) is 0 Å². The van der Waals surface area contributed by atoms with Crippen LogP contribution in [0.5, 0.6) is 0 Å². The van der Waals surface area contributed by atoms with E-state index in [4.69, 9.17) is 0 Å². The van der Waals surface area contributed by atoms with Crippen LogP contribution in [0.4, 0.5) is 0 Å². The normalized spacial score (nSPS) is 9.83. The number of fused-ring (bicyclic) bond motifs is 1. The minimum absolute atomic E-state index is 1.03. The summed E-state index contributed by atoms with van der Waals surface area (Å²) >= 11 is 0. The molecule has 0 saturated carbocycles. The zero-order chi connectivity index (χ0) is 43.0. The highest BCUT2D eigenvalue weighted by molar-refractivity contribution is 5.88. The molecular formula is C58H74. The first kappa shape index (κ1) is 48.9. The third kappa shape index (κ3) is 18.4. The van der Waals surface area contributed by atoms with Gasteiger partial charge in [0.2, 0.25) is 0 Å². The van der Waals surface area contributed by atoms with E-state index >= 15 is 0 Å². The van der Waals surface area contributed by atoms with Crippen LogP contribution in [-0.2, 0) is 19.3 Å². The van der Waals surface area contributed by atoms with E-state index in [2.05, 4.69) is 243 Å². The fourth-order valence-corrected chi connectivity index (χ4v) is 6.12. The van der Waals surface area contributed by atoms with Crippen LogP contribution < -0.4 is 0 Å². The molecule has 0 heteroatoms. The van der Waals surface area contributed by atoms with Gasteiger partial charge in [0, 0.05) is 0 Å². The molecule has 0 heterocycles. The number of aryl methyl sites for hydroxylation is 12. The molecule has 7 rings (SSSR count). The molecule has 0 aliphatic rings. The Morgan fingerprint density at radius 3 is 0.914 bits per heavy atom. The minimum atomic E-state index is 1.03. The van der Waals surface area contributed by atoms with Gasteiger partial charge in [0.05, 0.1) is 0 Å². The standard InChI is InChI=1S/C15H16.C12H12.C10H14.2C9H12.C3H8/c1-12-3-7-14(8-4-12)11-15-9-5-13(2)6-10-15;1-9-5-3-8-12-10(2)6-4-7-11(9)12;1-3-9-6-5-7-10(4-2)8-9;2*1-7-4-5-8(2)9(3)6-7;1-3-2/h3-10H,11H2,1-2H3;3-8H,1-2H3;5-8H,3-4H2,1-2H3;2*4-6H,1-3H3;3H2,1-2H3. The lowest BCUT2D eigenvalue weighted by molar-refractivity contribution is 1.09. The lowest BCUT2D eigenvalue weighted by atomic mass is 10.0. The van der Waals surface area contributed by atoms with E-state index in [1.54, 1.807) is 0 Å². The van der Waals surface area contributed by atoms with Crippen LogP contribution in [0.2, 0.25) is 0 Å². The third-order valence-corrected chi connectivity index (χ3v) is 10.1. The molecule has 58 heavy (non-hydrogen) atoms. The molecule has 0 N–H and O–H groups in total. The Labute approximate surface area is 355 Å². The van der Waals surface area contributed by atoms with E-state index in [0.717, 1.165) is 19.3 Å². The van der Waals surface area contributed by atoms with Crippen LogP contribution in [0.3, 0.4) is 0 Å². The van der Waals surface area contributed by atoms with Gasteiger partial charge in [-0.2, -0.15) is 0 Å². The molecular weight excluding hydrogens is 697 g/mol. The maximum Gasteiger partial charge on any atom is -0.00258 e. The van der Waals surface area contributed by atoms with Gasteiger partial charge in [-0.1, -0.05) is 202 Å². The molecule has 0 radical (unpaired) electrons. The first-order valence-corrected chi connectivity index (χ1v) is 21.4. The molecule has 0 aliphatic heterocycles. The van der Waals surface area contributed by atoms with Crippen LogP contribution in [0, 0.1) is 69.2 Å². The molecule has 0 aromatic heterocycles. The molecule has 306 valence electrons. The smallest absolute Gasteiger partial charge is 0.00258 e. The fourth-order valence-electron chi connectivity index (χ4n) is 6.12. The molecule has 0 spiro atoms.